The van der Waals surface area contributed by atoms with Gasteiger partial charge in [0.05, 0.1) is 0 Å². The lowest BCUT2D eigenvalue weighted by atomic mass is 10.1. The highest BCUT2D eigenvalue weighted by atomic mass is 32.2. The van der Waals surface area contributed by atoms with E-state index in [1.54, 1.807) is 0 Å². The van der Waals surface area contributed by atoms with E-state index in [4.69, 9.17) is 0 Å². The molecule has 0 fully saturated rings. The van der Waals surface area contributed by atoms with E-state index in [1.165, 1.54) is 40.1 Å². The molecule has 0 atom stereocenters. The summed E-state index contributed by atoms with van der Waals surface area (Å²) in [6, 6.07) is 21.7. The van der Waals surface area contributed by atoms with Gasteiger partial charge in [-0.3, -0.25) is 0 Å². The second kappa shape index (κ2) is 6.86. The van der Waals surface area contributed by atoms with Crippen molar-refractivity contribution in [1.29, 1.82) is 0 Å². The highest BCUT2D eigenvalue weighted by molar-refractivity contribution is 7.99. The van der Waals surface area contributed by atoms with Crippen molar-refractivity contribution in [2.45, 2.75) is 19.9 Å². The summed E-state index contributed by atoms with van der Waals surface area (Å²) in [6.45, 7) is 3.32. The maximum atomic E-state index is 2.47. The molecule has 2 heteroatoms. The Kier molecular flexibility index (Phi) is 4.66. The fraction of sp³-hybridized carbons (Fsp3) is 0.263. The van der Waals surface area contributed by atoms with Gasteiger partial charge in [0.2, 0.25) is 0 Å². The molecule has 3 rings (SSSR count). The number of hydrogen-bond donors (Lipinski definition) is 0. The molecule has 0 spiro atoms. The van der Waals surface area contributed by atoms with E-state index < -0.39 is 0 Å². The Morgan fingerprint density at radius 1 is 0.952 bits per heavy atom. The normalized spacial score (nSPS) is 11.1. The Hall–Kier alpha value is -1.67. The second-order valence-electron chi connectivity index (χ2n) is 5.16. The van der Waals surface area contributed by atoms with Crippen LogP contribution in [0.5, 0.6) is 0 Å². The van der Waals surface area contributed by atoms with E-state index in [2.05, 4.69) is 72.2 Å². The van der Waals surface area contributed by atoms with Crippen molar-refractivity contribution < 1.29 is 0 Å². The Labute approximate surface area is 131 Å². The monoisotopic (exact) mass is 295 g/mol. The van der Waals surface area contributed by atoms with Crippen LogP contribution in [-0.2, 0) is 6.54 Å². The number of hydrogen-bond acceptors (Lipinski definition) is 1. The van der Waals surface area contributed by atoms with E-state index in [1.807, 2.05) is 11.8 Å². The van der Waals surface area contributed by atoms with Crippen molar-refractivity contribution in [2.75, 3.05) is 11.5 Å². The standard InChI is InChI=1S/C19H21NS/c1-2-21-14-8-13-20-18-12-7-6-11-17(18)15-19(20)16-9-4-3-5-10-16/h3-7,9-12,15H,2,8,13-14H2,1H3. The number of fused-ring (bicyclic) bond motifs is 1. The van der Waals surface area contributed by atoms with E-state index in [0.717, 1.165) is 6.54 Å². The molecular formula is C19H21NS. The van der Waals surface area contributed by atoms with Gasteiger partial charge in [0.25, 0.3) is 0 Å². The Morgan fingerprint density at radius 3 is 2.52 bits per heavy atom. The number of aromatic nitrogens is 1. The first kappa shape index (κ1) is 14.3. The van der Waals surface area contributed by atoms with E-state index in [-0.39, 0.29) is 0 Å². The molecule has 0 bridgehead atoms. The zero-order valence-corrected chi connectivity index (χ0v) is 13.3. The van der Waals surface area contributed by atoms with Crippen LogP contribution in [0.2, 0.25) is 0 Å². The van der Waals surface area contributed by atoms with Gasteiger partial charge in [0, 0.05) is 23.1 Å². The SMILES string of the molecule is CCSCCCn1c(-c2ccccc2)cc2ccccc21. The zero-order chi connectivity index (χ0) is 14.5. The Bertz CT molecular complexity index is 700. The number of nitrogens with zero attached hydrogens (tertiary/aromatic N) is 1. The molecule has 0 aliphatic rings. The van der Waals surface area contributed by atoms with Crippen molar-refractivity contribution in [2.24, 2.45) is 0 Å². The summed E-state index contributed by atoms with van der Waals surface area (Å²) in [6.07, 6.45) is 1.22. The minimum absolute atomic E-state index is 1.09. The lowest BCUT2D eigenvalue weighted by molar-refractivity contribution is 0.715. The summed E-state index contributed by atoms with van der Waals surface area (Å²) in [5.41, 5.74) is 3.98. The summed E-state index contributed by atoms with van der Waals surface area (Å²) >= 11 is 2.02. The van der Waals surface area contributed by atoms with E-state index in [9.17, 15) is 0 Å². The maximum absolute atomic E-state index is 2.47. The summed E-state index contributed by atoms with van der Waals surface area (Å²) in [7, 11) is 0. The maximum Gasteiger partial charge on any atom is 0.0491 e. The molecule has 0 saturated heterocycles. The number of benzene rings is 2. The van der Waals surface area contributed by atoms with Gasteiger partial charge in [-0.15, -0.1) is 0 Å². The van der Waals surface area contributed by atoms with E-state index >= 15 is 0 Å². The molecule has 1 aromatic heterocycles. The highest BCUT2D eigenvalue weighted by Crippen LogP contribution is 2.28. The van der Waals surface area contributed by atoms with Crippen LogP contribution in [0.3, 0.4) is 0 Å². The molecule has 0 saturated carbocycles. The molecule has 1 heterocycles. The quantitative estimate of drug-likeness (QED) is 0.547. The minimum Gasteiger partial charge on any atom is -0.340 e. The number of para-hydroxylation sites is 1. The van der Waals surface area contributed by atoms with Crippen LogP contribution in [0.15, 0.2) is 60.7 Å². The van der Waals surface area contributed by atoms with Gasteiger partial charge < -0.3 is 4.57 Å². The van der Waals surface area contributed by atoms with Crippen LogP contribution >= 0.6 is 11.8 Å². The molecule has 2 aromatic carbocycles. The second-order valence-corrected chi connectivity index (χ2v) is 6.55. The molecule has 108 valence electrons. The van der Waals surface area contributed by atoms with Gasteiger partial charge >= 0.3 is 0 Å². The molecule has 21 heavy (non-hydrogen) atoms. The minimum atomic E-state index is 1.09. The first-order valence-corrected chi connectivity index (χ1v) is 8.77. The lowest BCUT2D eigenvalue weighted by Gasteiger charge is -2.11. The Balaban J connectivity index is 1.98. The molecule has 0 unspecified atom stereocenters. The molecule has 0 aliphatic carbocycles. The average molecular weight is 295 g/mol. The van der Waals surface area contributed by atoms with Crippen molar-refractivity contribution in [1.82, 2.24) is 4.57 Å². The van der Waals surface area contributed by atoms with Crippen molar-refractivity contribution in [3.05, 3.63) is 60.7 Å². The van der Waals surface area contributed by atoms with Crippen LogP contribution in [0, 0.1) is 0 Å². The fourth-order valence-electron chi connectivity index (χ4n) is 2.77. The van der Waals surface area contributed by atoms with Gasteiger partial charge in [-0.25, -0.2) is 0 Å². The first-order valence-electron chi connectivity index (χ1n) is 7.61. The molecule has 0 radical (unpaired) electrons. The third kappa shape index (κ3) is 3.16. The molecular weight excluding hydrogens is 274 g/mol. The summed E-state index contributed by atoms with van der Waals surface area (Å²) in [5.74, 6) is 2.44. The summed E-state index contributed by atoms with van der Waals surface area (Å²) < 4.78 is 2.47. The lowest BCUT2D eigenvalue weighted by Crippen LogP contribution is -2.01. The molecule has 0 amide bonds. The number of thioether (sulfide) groups is 1. The van der Waals surface area contributed by atoms with E-state index in [0.29, 0.717) is 0 Å². The molecule has 0 aliphatic heterocycles. The van der Waals surface area contributed by atoms with Crippen molar-refractivity contribution >= 4 is 22.7 Å². The zero-order valence-electron chi connectivity index (χ0n) is 12.5. The van der Waals surface area contributed by atoms with Gasteiger partial charge in [-0.05, 0) is 35.6 Å². The first-order chi connectivity index (χ1) is 10.4. The molecule has 0 N–H and O–H groups in total. The van der Waals surface area contributed by atoms with Gasteiger partial charge in [-0.2, -0.15) is 11.8 Å². The molecule has 3 aromatic rings. The smallest absolute Gasteiger partial charge is 0.0491 e. The number of aryl methyl sites for hydroxylation is 1. The third-order valence-electron chi connectivity index (χ3n) is 3.75. The van der Waals surface area contributed by atoms with Crippen molar-refractivity contribution in [3.63, 3.8) is 0 Å². The Morgan fingerprint density at radius 2 is 1.71 bits per heavy atom. The predicted molar refractivity (Wildman–Crippen MR) is 95.0 cm³/mol. The predicted octanol–water partition coefficient (Wildman–Crippen LogP) is 5.45. The highest BCUT2D eigenvalue weighted by Gasteiger charge is 2.09. The number of rotatable bonds is 6. The van der Waals surface area contributed by atoms with Crippen LogP contribution in [0.4, 0.5) is 0 Å². The summed E-state index contributed by atoms with van der Waals surface area (Å²) in [5, 5.41) is 1.33. The largest absolute Gasteiger partial charge is 0.340 e. The van der Waals surface area contributed by atoms with Crippen LogP contribution < -0.4 is 0 Å². The summed E-state index contributed by atoms with van der Waals surface area (Å²) in [4.78, 5) is 0. The fourth-order valence-corrected chi connectivity index (χ4v) is 3.39. The third-order valence-corrected chi connectivity index (χ3v) is 4.74. The van der Waals surface area contributed by atoms with Crippen molar-refractivity contribution in [3.8, 4) is 11.3 Å². The van der Waals surface area contributed by atoms with Gasteiger partial charge in [0.1, 0.15) is 0 Å². The van der Waals surface area contributed by atoms with Gasteiger partial charge in [0.15, 0.2) is 0 Å². The van der Waals surface area contributed by atoms with Gasteiger partial charge in [-0.1, -0.05) is 55.5 Å². The van der Waals surface area contributed by atoms with Crippen LogP contribution in [0.25, 0.3) is 22.2 Å². The topological polar surface area (TPSA) is 4.93 Å². The van der Waals surface area contributed by atoms with Crippen LogP contribution in [-0.4, -0.2) is 16.1 Å². The van der Waals surface area contributed by atoms with Crippen LogP contribution in [0.1, 0.15) is 13.3 Å². The average Bonchev–Trinajstić information content (AvgIpc) is 2.91. The molecule has 1 nitrogen and oxygen atoms in total.